The van der Waals surface area contributed by atoms with Gasteiger partial charge in [0, 0.05) is 30.6 Å². The number of nitrogens with zero attached hydrogens (tertiary/aromatic N) is 1. The van der Waals surface area contributed by atoms with Crippen LogP contribution in [0.15, 0.2) is 54.6 Å². The molecule has 262 valence electrons. The van der Waals surface area contributed by atoms with E-state index in [-0.39, 0.29) is 41.7 Å². The summed E-state index contributed by atoms with van der Waals surface area (Å²) in [4.78, 5) is 44.2. The maximum atomic E-state index is 14.8. The standard InChI is InChI=1S/C39H49N3O7/c1-7-48-35(45)28(19-23(2)3)41-34(44)27(20-24-11-9-8-10-12-24)40-33(43)26-22-37-15-16-39(26,47-6)36-38(37)17-18-42(4)30(37)21-25-13-14-29(46-5)32(49-36)31(25)38/h8-16,23,26-28,30,36H,7,17-22H2,1-6H3,(H,40,43)(H,41,44)/t26-,27-,28-,30-,36+,37+,38-,39-/m0/s1. The average molecular weight is 672 g/mol. The molecule has 0 unspecified atom stereocenters. The number of carbonyl (C=O) groups excluding carboxylic acids is 3. The fourth-order valence-corrected chi connectivity index (χ4v) is 10.0. The van der Waals surface area contributed by atoms with Crippen LogP contribution in [0.1, 0.15) is 56.7 Å². The molecule has 2 aromatic carbocycles. The highest BCUT2D eigenvalue weighted by molar-refractivity contribution is 5.92. The molecule has 2 amide bonds. The van der Waals surface area contributed by atoms with Gasteiger partial charge in [0.15, 0.2) is 11.5 Å². The van der Waals surface area contributed by atoms with Crippen molar-refractivity contribution in [1.29, 1.82) is 0 Å². The van der Waals surface area contributed by atoms with Gasteiger partial charge in [-0.05, 0) is 69.3 Å². The smallest absolute Gasteiger partial charge is 0.328 e. The molecule has 0 radical (unpaired) electrons. The van der Waals surface area contributed by atoms with Crippen molar-refractivity contribution in [2.75, 3.05) is 34.4 Å². The fraction of sp³-hybridized carbons (Fsp3) is 0.564. The van der Waals surface area contributed by atoms with Gasteiger partial charge in [-0.3, -0.25) is 9.59 Å². The van der Waals surface area contributed by atoms with Crippen LogP contribution in [0.5, 0.6) is 11.5 Å². The van der Waals surface area contributed by atoms with Crippen LogP contribution in [-0.4, -0.2) is 86.9 Å². The predicted octanol–water partition coefficient (Wildman–Crippen LogP) is 3.74. The molecule has 8 rings (SSSR count). The molecule has 8 atom stereocenters. The number of ether oxygens (including phenoxy) is 4. The molecule has 1 saturated heterocycles. The second kappa shape index (κ2) is 12.5. The number of likely N-dealkylation sites (tertiary alicyclic amines) is 1. The summed E-state index contributed by atoms with van der Waals surface area (Å²) in [7, 11) is 5.50. The zero-order valence-electron chi connectivity index (χ0n) is 29.4. The Kier molecular flexibility index (Phi) is 8.54. The normalized spacial score (nSPS) is 31.4. The first kappa shape index (κ1) is 33.6. The minimum absolute atomic E-state index is 0.136. The quantitative estimate of drug-likeness (QED) is 0.259. The highest BCUT2D eigenvalue weighted by Gasteiger charge is 2.79. The zero-order chi connectivity index (χ0) is 34.7. The van der Waals surface area contributed by atoms with Gasteiger partial charge in [0.1, 0.15) is 23.8 Å². The summed E-state index contributed by atoms with van der Waals surface area (Å²) in [6, 6.07) is 12.2. The Hall–Kier alpha value is -3.89. The van der Waals surface area contributed by atoms with E-state index in [1.807, 2.05) is 50.2 Å². The van der Waals surface area contributed by atoms with E-state index in [1.165, 1.54) is 11.1 Å². The molecule has 2 aromatic rings. The molecule has 2 fully saturated rings. The molecule has 4 bridgehead atoms. The molecule has 6 aliphatic rings. The molecule has 1 saturated carbocycles. The predicted molar refractivity (Wildman–Crippen MR) is 183 cm³/mol. The topological polar surface area (TPSA) is 115 Å². The molecule has 49 heavy (non-hydrogen) atoms. The number of likely N-dealkylation sites (N-methyl/N-ethyl adjacent to an activating group) is 1. The van der Waals surface area contributed by atoms with Crippen molar-refractivity contribution in [1.82, 2.24) is 15.5 Å². The molecule has 2 aliphatic heterocycles. The molecular formula is C39H49N3O7. The second-order valence-electron chi connectivity index (χ2n) is 14.9. The molecular weight excluding hydrogens is 622 g/mol. The summed E-state index contributed by atoms with van der Waals surface area (Å²) in [5.41, 5.74) is 1.52. The summed E-state index contributed by atoms with van der Waals surface area (Å²) in [6.45, 7) is 6.84. The van der Waals surface area contributed by atoms with Gasteiger partial charge in [0.2, 0.25) is 11.8 Å². The van der Waals surface area contributed by atoms with Crippen LogP contribution in [0.25, 0.3) is 0 Å². The van der Waals surface area contributed by atoms with Gasteiger partial charge in [0.25, 0.3) is 0 Å². The maximum Gasteiger partial charge on any atom is 0.328 e. The number of benzene rings is 2. The van der Waals surface area contributed by atoms with Crippen molar-refractivity contribution in [2.24, 2.45) is 17.3 Å². The third-order valence-electron chi connectivity index (χ3n) is 12.1. The van der Waals surface area contributed by atoms with Crippen LogP contribution in [0.2, 0.25) is 0 Å². The number of carbonyl (C=O) groups is 3. The van der Waals surface area contributed by atoms with E-state index < -0.39 is 41.6 Å². The van der Waals surface area contributed by atoms with Gasteiger partial charge in [-0.1, -0.05) is 62.4 Å². The molecule has 2 heterocycles. The van der Waals surface area contributed by atoms with Crippen molar-refractivity contribution in [3.05, 3.63) is 71.3 Å². The zero-order valence-corrected chi connectivity index (χ0v) is 29.4. The number of piperidine rings is 1. The lowest BCUT2D eigenvalue weighted by molar-refractivity contribution is -0.214. The minimum atomic E-state index is -1.08. The molecule has 0 aromatic heterocycles. The largest absolute Gasteiger partial charge is 0.493 e. The third-order valence-corrected chi connectivity index (χ3v) is 12.1. The molecule has 2 spiro atoms. The van der Waals surface area contributed by atoms with Gasteiger partial charge in [-0.25, -0.2) is 4.79 Å². The SMILES string of the molecule is CCOC(=O)[C@H](CC(C)C)NC(=O)[C@H](Cc1ccccc1)NC(=O)[C@@H]1C[C@@]23C=C[C@@]1(OC)[C@@H]1Oc4c(OC)ccc5c4[C@@]12CCN(C)[C@H]3C5. The first-order valence-corrected chi connectivity index (χ1v) is 17.7. The average Bonchev–Trinajstić information content (AvgIpc) is 3.47. The van der Waals surface area contributed by atoms with E-state index in [0.717, 1.165) is 30.7 Å². The van der Waals surface area contributed by atoms with Gasteiger partial charge in [0.05, 0.1) is 25.0 Å². The lowest BCUT2D eigenvalue weighted by atomic mass is 9.37. The highest BCUT2D eigenvalue weighted by Crippen LogP contribution is 2.74. The monoisotopic (exact) mass is 671 g/mol. The third kappa shape index (κ3) is 4.92. The molecule has 2 N–H and O–H groups in total. The number of methoxy groups -OCH3 is 2. The summed E-state index contributed by atoms with van der Waals surface area (Å²) >= 11 is 0. The number of amides is 2. The fourth-order valence-electron chi connectivity index (χ4n) is 10.0. The van der Waals surface area contributed by atoms with Crippen LogP contribution >= 0.6 is 0 Å². The van der Waals surface area contributed by atoms with Crippen LogP contribution in [0.4, 0.5) is 0 Å². The van der Waals surface area contributed by atoms with E-state index in [0.29, 0.717) is 18.6 Å². The summed E-state index contributed by atoms with van der Waals surface area (Å²) in [5, 5.41) is 6.08. The van der Waals surface area contributed by atoms with Gasteiger partial charge >= 0.3 is 5.97 Å². The highest BCUT2D eigenvalue weighted by atomic mass is 16.6. The number of hydrogen-bond acceptors (Lipinski definition) is 8. The Labute approximate surface area is 288 Å². The van der Waals surface area contributed by atoms with Gasteiger partial charge in [-0.2, -0.15) is 0 Å². The van der Waals surface area contributed by atoms with Crippen LogP contribution in [0, 0.1) is 17.3 Å². The summed E-state index contributed by atoms with van der Waals surface area (Å²) in [6.07, 6.45) is 6.86. The summed E-state index contributed by atoms with van der Waals surface area (Å²) in [5.74, 6) is -0.226. The first-order chi connectivity index (χ1) is 23.5. The van der Waals surface area contributed by atoms with Gasteiger partial charge < -0.3 is 34.5 Å². The lowest BCUT2D eigenvalue weighted by Gasteiger charge is -2.70. The Bertz CT molecular complexity index is 1660. The van der Waals surface area contributed by atoms with Crippen molar-refractivity contribution in [3.63, 3.8) is 0 Å². The van der Waals surface area contributed by atoms with E-state index in [1.54, 1.807) is 21.1 Å². The molecule has 4 aliphatic carbocycles. The van der Waals surface area contributed by atoms with E-state index in [4.69, 9.17) is 18.9 Å². The molecule has 10 nitrogen and oxygen atoms in total. The number of hydrogen-bond donors (Lipinski definition) is 2. The minimum Gasteiger partial charge on any atom is -0.493 e. The number of esters is 1. The Morgan fingerprint density at radius 3 is 2.51 bits per heavy atom. The Morgan fingerprint density at radius 1 is 1.04 bits per heavy atom. The van der Waals surface area contributed by atoms with Crippen molar-refractivity contribution < 1.29 is 33.3 Å². The lowest BCUT2D eigenvalue weighted by Crippen LogP contribution is -2.80. The van der Waals surface area contributed by atoms with E-state index in [9.17, 15) is 14.4 Å². The van der Waals surface area contributed by atoms with E-state index >= 15 is 0 Å². The Morgan fingerprint density at radius 2 is 1.82 bits per heavy atom. The second-order valence-corrected chi connectivity index (χ2v) is 14.9. The first-order valence-electron chi connectivity index (χ1n) is 17.7. The van der Waals surface area contributed by atoms with Crippen molar-refractivity contribution in [2.45, 2.75) is 88.1 Å². The Balaban J connectivity index is 1.25. The van der Waals surface area contributed by atoms with Crippen LogP contribution < -0.4 is 20.1 Å². The van der Waals surface area contributed by atoms with Crippen molar-refractivity contribution in [3.8, 4) is 11.5 Å². The number of nitrogens with one attached hydrogen (secondary N) is 2. The van der Waals surface area contributed by atoms with Gasteiger partial charge in [-0.15, -0.1) is 0 Å². The van der Waals surface area contributed by atoms with Crippen molar-refractivity contribution >= 4 is 17.8 Å². The molecule has 10 heteroatoms. The van der Waals surface area contributed by atoms with Crippen LogP contribution in [-0.2, 0) is 42.1 Å². The van der Waals surface area contributed by atoms with Crippen LogP contribution in [0.3, 0.4) is 0 Å². The summed E-state index contributed by atoms with van der Waals surface area (Å²) < 4.78 is 24.6. The maximum absolute atomic E-state index is 14.8. The number of fused-ring (bicyclic) bond motifs is 1. The van der Waals surface area contributed by atoms with E-state index in [2.05, 4.69) is 40.8 Å². The number of rotatable bonds is 12.